The number of carbonyl (C=O) groups excluding carboxylic acids is 1. The van der Waals surface area contributed by atoms with Gasteiger partial charge in [0.15, 0.2) is 6.61 Å². The number of sulfonamides is 1. The molecule has 1 unspecified atom stereocenters. The lowest BCUT2D eigenvalue weighted by Crippen LogP contribution is -2.38. The number of nitrogens with zero attached hydrogens (tertiary/aromatic N) is 1. The standard InChI is InChI=1S/C16H23ClN2O4S/c1-4-18-24(21,22)14-5-6-19(9-14)15(20)10-23-13-7-11(2)16(17)12(3)8-13/h7-8,14,18H,4-6,9-10H2,1-3H3. The number of aryl methyl sites for hydroxylation is 2. The Labute approximate surface area is 148 Å². The zero-order valence-corrected chi connectivity index (χ0v) is 15.7. The van der Waals surface area contributed by atoms with Crippen molar-refractivity contribution in [2.24, 2.45) is 0 Å². The van der Waals surface area contributed by atoms with E-state index in [0.717, 1.165) is 11.1 Å². The Bertz CT molecular complexity index is 698. The van der Waals surface area contributed by atoms with Gasteiger partial charge in [0.1, 0.15) is 5.75 Å². The summed E-state index contributed by atoms with van der Waals surface area (Å²) in [5.41, 5.74) is 1.77. The third-order valence-electron chi connectivity index (χ3n) is 4.05. The molecule has 0 spiro atoms. The Morgan fingerprint density at radius 2 is 2.00 bits per heavy atom. The highest BCUT2D eigenvalue weighted by atomic mass is 35.5. The van der Waals surface area contributed by atoms with Crippen molar-refractivity contribution in [2.75, 3.05) is 26.2 Å². The molecule has 1 aromatic rings. The Hall–Kier alpha value is -1.31. The molecule has 1 fully saturated rings. The first-order valence-electron chi connectivity index (χ1n) is 7.90. The van der Waals surface area contributed by atoms with E-state index in [1.54, 1.807) is 19.1 Å². The van der Waals surface area contributed by atoms with E-state index in [0.29, 0.717) is 30.3 Å². The monoisotopic (exact) mass is 374 g/mol. The molecule has 0 aromatic heterocycles. The Kier molecular flexibility index (Phi) is 6.11. The smallest absolute Gasteiger partial charge is 0.260 e. The van der Waals surface area contributed by atoms with Crippen molar-refractivity contribution in [2.45, 2.75) is 32.4 Å². The minimum Gasteiger partial charge on any atom is -0.484 e. The first-order chi connectivity index (χ1) is 11.2. The van der Waals surface area contributed by atoms with Crippen molar-refractivity contribution in [3.8, 4) is 5.75 Å². The second kappa shape index (κ2) is 7.72. The highest BCUT2D eigenvalue weighted by Crippen LogP contribution is 2.26. The molecule has 1 aromatic carbocycles. The maximum atomic E-state index is 12.2. The average molecular weight is 375 g/mol. The number of benzene rings is 1. The number of nitrogens with one attached hydrogen (secondary N) is 1. The van der Waals surface area contributed by atoms with Crippen LogP contribution >= 0.6 is 11.6 Å². The van der Waals surface area contributed by atoms with Gasteiger partial charge >= 0.3 is 0 Å². The summed E-state index contributed by atoms with van der Waals surface area (Å²) in [6, 6.07) is 3.57. The molecule has 0 radical (unpaired) electrons. The van der Waals surface area contributed by atoms with E-state index in [9.17, 15) is 13.2 Å². The SMILES string of the molecule is CCNS(=O)(=O)C1CCN(C(=O)COc2cc(C)c(Cl)c(C)c2)C1. The summed E-state index contributed by atoms with van der Waals surface area (Å²) < 4.78 is 32.0. The first-order valence-corrected chi connectivity index (χ1v) is 9.82. The van der Waals surface area contributed by atoms with Crippen LogP contribution in [0.25, 0.3) is 0 Å². The van der Waals surface area contributed by atoms with Crippen molar-refractivity contribution in [1.29, 1.82) is 0 Å². The summed E-state index contributed by atoms with van der Waals surface area (Å²) >= 11 is 6.11. The van der Waals surface area contributed by atoms with Gasteiger partial charge in [0.05, 0.1) is 5.25 Å². The molecule has 6 nitrogen and oxygen atoms in total. The van der Waals surface area contributed by atoms with Crippen molar-refractivity contribution in [1.82, 2.24) is 9.62 Å². The topological polar surface area (TPSA) is 75.7 Å². The van der Waals surface area contributed by atoms with Crippen LogP contribution in [0.4, 0.5) is 0 Å². The van der Waals surface area contributed by atoms with Crippen LogP contribution in [0.1, 0.15) is 24.5 Å². The van der Waals surface area contributed by atoms with E-state index in [2.05, 4.69) is 4.72 Å². The summed E-state index contributed by atoms with van der Waals surface area (Å²) in [6.45, 7) is 6.35. The summed E-state index contributed by atoms with van der Waals surface area (Å²) in [6.07, 6.45) is 0.445. The van der Waals surface area contributed by atoms with Crippen LogP contribution in [0.5, 0.6) is 5.75 Å². The summed E-state index contributed by atoms with van der Waals surface area (Å²) in [5.74, 6) is 0.369. The maximum absolute atomic E-state index is 12.2. The predicted octanol–water partition coefficient (Wildman–Crippen LogP) is 1.88. The number of hydrogen-bond donors (Lipinski definition) is 1. The van der Waals surface area contributed by atoms with Crippen molar-refractivity contribution >= 4 is 27.5 Å². The van der Waals surface area contributed by atoms with Gasteiger partial charge in [0, 0.05) is 24.7 Å². The molecule has 1 amide bonds. The lowest BCUT2D eigenvalue weighted by atomic mass is 10.1. The third kappa shape index (κ3) is 4.40. The first kappa shape index (κ1) is 19.0. The van der Waals surface area contributed by atoms with Gasteiger partial charge in [-0.3, -0.25) is 4.79 Å². The molecule has 1 atom stereocenters. The lowest BCUT2D eigenvalue weighted by Gasteiger charge is -2.17. The molecule has 0 bridgehead atoms. The van der Waals surface area contributed by atoms with E-state index >= 15 is 0 Å². The molecule has 8 heteroatoms. The van der Waals surface area contributed by atoms with Crippen LogP contribution in [0.3, 0.4) is 0 Å². The van der Waals surface area contributed by atoms with Gasteiger partial charge in [-0.15, -0.1) is 0 Å². The predicted molar refractivity (Wildman–Crippen MR) is 94.0 cm³/mol. The Morgan fingerprint density at radius 1 is 1.38 bits per heavy atom. The van der Waals surface area contributed by atoms with E-state index < -0.39 is 15.3 Å². The molecule has 0 saturated carbocycles. The molecule has 24 heavy (non-hydrogen) atoms. The van der Waals surface area contributed by atoms with Gasteiger partial charge in [-0.2, -0.15) is 0 Å². The molecule has 1 heterocycles. The van der Waals surface area contributed by atoms with Gasteiger partial charge in [0.2, 0.25) is 10.0 Å². The number of amides is 1. The molecule has 1 saturated heterocycles. The van der Waals surface area contributed by atoms with Crippen LogP contribution in [0, 0.1) is 13.8 Å². The van der Waals surface area contributed by atoms with E-state index in [1.165, 1.54) is 4.90 Å². The molecule has 1 aliphatic heterocycles. The van der Waals surface area contributed by atoms with Gasteiger partial charge < -0.3 is 9.64 Å². The van der Waals surface area contributed by atoms with Crippen LogP contribution in [-0.2, 0) is 14.8 Å². The van der Waals surface area contributed by atoms with Crippen LogP contribution in [-0.4, -0.2) is 50.7 Å². The van der Waals surface area contributed by atoms with Gasteiger partial charge in [-0.1, -0.05) is 18.5 Å². The quantitative estimate of drug-likeness (QED) is 0.824. The Morgan fingerprint density at radius 3 is 2.58 bits per heavy atom. The summed E-state index contributed by atoms with van der Waals surface area (Å²) in [7, 11) is -3.36. The van der Waals surface area contributed by atoms with Gasteiger partial charge in [-0.25, -0.2) is 13.1 Å². The zero-order valence-electron chi connectivity index (χ0n) is 14.1. The van der Waals surface area contributed by atoms with E-state index in [4.69, 9.17) is 16.3 Å². The third-order valence-corrected chi connectivity index (χ3v) is 6.60. The van der Waals surface area contributed by atoms with Crippen molar-refractivity contribution < 1.29 is 17.9 Å². The lowest BCUT2D eigenvalue weighted by molar-refractivity contribution is -0.132. The van der Waals surface area contributed by atoms with Crippen LogP contribution in [0.2, 0.25) is 5.02 Å². The minimum atomic E-state index is -3.36. The van der Waals surface area contributed by atoms with E-state index in [-0.39, 0.29) is 19.1 Å². The molecular formula is C16H23ClN2O4S. The Balaban J connectivity index is 1.92. The van der Waals surface area contributed by atoms with E-state index in [1.807, 2.05) is 13.8 Å². The number of ether oxygens (including phenoxy) is 1. The number of hydrogen-bond acceptors (Lipinski definition) is 4. The number of likely N-dealkylation sites (tertiary alicyclic amines) is 1. The molecule has 0 aliphatic carbocycles. The molecular weight excluding hydrogens is 352 g/mol. The van der Waals surface area contributed by atoms with Crippen LogP contribution < -0.4 is 9.46 Å². The molecule has 2 rings (SSSR count). The van der Waals surface area contributed by atoms with Crippen molar-refractivity contribution in [3.05, 3.63) is 28.3 Å². The van der Waals surface area contributed by atoms with Crippen molar-refractivity contribution in [3.63, 3.8) is 0 Å². The highest BCUT2D eigenvalue weighted by molar-refractivity contribution is 7.90. The highest BCUT2D eigenvalue weighted by Gasteiger charge is 2.34. The fourth-order valence-corrected chi connectivity index (χ4v) is 4.29. The minimum absolute atomic E-state index is 0.117. The van der Waals surface area contributed by atoms with Gasteiger partial charge in [0.25, 0.3) is 5.91 Å². The summed E-state index contributed by atoms with van der Waals surface area (Å²) in [5, 5.41) is 0.131. The average Bonchev–Trinajstić information content (AvgIpc) is 3.01. The summed E-state index contributed by atoms with van der Waals surface area (Å²) in [4.78, 5) is 13.8. The molecule has 1 N–H and O–H groups in total. The number of rotatable bonds is 6. The second-order valence-corrected chi connectivity index (χ2v) is 8.38. The number of halogens is 1. The molecule has 134 valence electrons. The molecule has 1 aliphatic rings. The number of carbonyl (C=O) groups is 1. The second-order valence-electron chi connectivity index (χ2n) is 5.95. The van der Waals surface area contributed by atoms with Crippen LogP contribution in [0.15, 0.2) is 12.1 Å². The normalized spacial score (nSPS) is 18.0. The fourth-order valence-electron chi connectivity index (χ4n) is 2.75. The fraction of sp³-hybridized carbons (Fsp3) is 0.562. The largest absolute Gasteiger partial charge is 0.484 e. The van der Waals surface area contributed by atoms with Gasteiger partial charge in [-0.05, 0) is 43.5 Å². The zero-order chi connectivity index (χ0) is 17.9. The maximum Gasteiger partial charge on any atom is 0.260 e.